The number of carbonyl (C=O) groups is 2. The van der Waals surface area contributed by atoms with Gasteiger partial charge in [-0.1, -0.05) is 13.0 Å². The molecule has 0 bridgehead atoms. The summed E-state index contributed by atoms with van der Waals surface area (Å²) in [6.45, 7) is 4.77. The van der Waals surface area contributed by atoms with Gasteiger partial charge in [0.15, 0.2) is 0 Å². The van der Waals surface area contributed by atoms with E-state index in [1.54, 1.807) is 35.1 Å². The van der Waals surface area contributed by atoms with Crippen molar-refractivity contribution in [3.8, 4) is 0 Å². The molecule has 0 aromatic carbocycles. The van der Waals surface area contributed by atoms with E-state index in [9.17, 15) is 9.59 Å². The first-order valence-electron chi connectivity index (χ1n) is 6.69. The van der Waals surface area contributed by atoms with Crippen LogP contribution in [0.3, 0.4) is 0 Å². The van der Waals surface area contributed by atoms with Crippen LogP contribution in [0.25, 0.3) is 0 Å². The topological polar surface area (TPSA) is 60.9 Å². The first-order valence-corrected chi connectivity index (χ1v) is 7.57. The Morgan fingerprint density at radius 1 is 1.45 bits per heavy atom. The minimum atomic E-state index is -0.789. The normalized spacial score (nSPS) is 18.2. The van der Waals surface area contributed by atoms with Gasteiger partial charge >= 0.3 is 12.0 Å². The van der Waals surface area contributed by atoms with Crippen molar-refractivity contribution < 1.29 is 14.7 Å². The van der Waals surface area contributed by atoms with E-state index in [1.807, 2.05) is 24.4 Å². The van der Waals surface area contributed by atoms with Crippen molar-refractivity contribution in [3.05, 3.63) is 22.4 Å². The molecular weight excluding hydrogens is 276 g/mol. The molecule has 1 aromatic heterocycles. The summed E-state index contributed by atoms with van der Waals surface area (Å²) in [4.78, 5) is 27.8. The molecule has 0 spiro atoms. The first kappa shape index (κ1) is 14.8. The second-order valence-corrected chi connectivity index (χ2v) is 6.36. The molecule has 0 saturated carbocycles. The molecule has 20 heavy (non-hydrogen) atoms. The minimum absolute atomic E-state index is 0.0280. The maximum Gasteiger partial charge on any atom is 0.320 e. The standard InChI is InChI=1S/C14H20N2O3S/c1-9(13(17)18)11-7-16(8-11)14(19)15(3)10(2)12-5-4-6-20-12/h4-6,9-11H,7-8H2,1-3H3,(H,17,18). The van der Waals surface area contributed by atoms with Crippen molar-refractivity contribution in [1.29, 1.82) is 0 Å². The largest absolute Gasteiger partial charge is 0.481 e. The number of hydrogen-bond donors (Lipinski definition) is 1. The third-order valence-electron chi connectivity index (χ3n) is 4.11. The van der Waals surface area contributed by atoms with Crippen LogP contribution in [0, 0.1) is 11.8 Å². The summed E-state index contributed by atoms with van der Waals surface area (Å²) in [5.41, 5.74) is 0. The Hall–Kier alpha value is -1.56. The van der Waals surface area contributed by atoms with E-state index >= 15 is 0 Å². The maximum absolute atomic E-state index is 12.3. The molecule has 1 aromatic rings. The minimum Gasteiger partial charge on any atom is -0.481 e. The lowest BCUT2D eigenvalue weighted by atomic mass is 9.87. The molecule has 2 unspecified atom stereocenters. The van der Waals surface area contributed by atoms with Gasteiger partial charge in [0.2, 0.25) is 0 Å². The molecule has 2 atom stereocenters. The molecule has 2 rings (SSSR count). The molecule has 110 valence electrons. The number of nitrogens with zero attached hydrogens (tertiary/aromatic N) is 2. The number of likely N-dealkylation sites (tertiary alicyclic amines) is 1. The summed E-state index contributed by atoms with van der Waals surface area (Å²) in [5, 5.41) is 11.0. The van der Waals surface area contributed by atoms with E-state index in [0.29, 0.717) is 13.1 Å². The lowest BCUT2D eigenvalue weighted by Crippen LogP contribution is -2.56. The average Bonchev–Trinajstić information content (AvgIpc) is 2.88. The van der Waals surface area contributed by atoms with Crippen molar-refractivity contribution in [2.45, 2.75) is 19.9 Å². The molecule has 5 nitrogen and oxygen atoms in total. The van der Waals surface area contributed by atoms with Gasteiger partial charge in [0.25, 0.3) is 0 Å². The summed E-state index contributed by atoms with van der Waals surface area (Å²) in [6, 6.07) is 4.01. The van der Waals surface area contributed by atoms with Crippen LogP contribution in [0.2, 0.25) is 0 Å². The van der Waals surface area contributed by atoms with E-state index in [1.165, 1.54) is 0 Å². The first-order chi connectivity index (χ1) is 9.41. The highest BCUT2D eigenvalue weighted by Gasteiger charge is 2.38. The molecule has 1 saturated heterocycles. The summed E-state index contributed by atoms with van der Waals surface area (Å²) < 4.78 is 0. The van der Waals surface area contributed by atoms with E-state index in [-0.39, 0.29) is 23.9 Å². The molecule has 1 aliphatic heterocycles. The van der Waals surface area contributed by atoms with Gasteiger partial charge in [-0.15, -0.1) is 11.3 Å². The molecule has 2 amide bonds. The van der Waals surface area contributed by atoms with Crippen molar-refractivity contribution >= 4 is 23.3 Å². The van der Waals surface area contributed by atoms with Crippen LogP contribution >= 0.6 is 11.3 Å². The molecule has 1 fully saturated rings. The zero-order valence-corrected chi connectivity index (χ0v) is 12.8. The fourth-order valence-electron chi connectivity index (χ4n) is 2.30. The molecule has 1 aliphatic rings. The molecule has 2 heterocycles. The Morgan fingerprint density at radius 3 is 2.60 bits per heavy atom. The highest BCUT2D eigenvalue weighted by molar-refractivity contribution is 7.10. The second kappa shape index (κ2) is 5.83. The lowest BCUT2D eigenvalue weighted by molar-refractivity contribution is -0.144. The monoisotopic (exact) mass is 296 g/mol. The number of aliphatic carboxylic acids is 1. The van der Waals surface area contributed by atoms with E-state index in [2.05, 4.69) is 0 Å². The van der Waals surface area contributed by atoms with Gasteiger partial charge in [-0.25, -0.2) is 4.79 Å². The number of urea groups is 1. The van der Waals surface area contributed by atoms with Crippen LogP contribution in [-0.2, 0) is 4.79 Å². The zero-order chi connectivity index (χ0) is 14.9. The van der Waals surface area contributed by atoms with Crippen molar-refractivity contribution in [1.82, 2.24) is 9.80 Å². The number of amides is 2. The quantitative estimate of drug-likeness (QED) is 0.928. The highest BCUT2D eigenvalue weighted by Crippen LogP contribution is 2.28. The number of carbonyl (C=O) groups excluding carboxylic acids is 1. The summed E-state index contributed by atoms with van der Waals surface area (Å²) >= 11 is 1.63. The Bertz CT molecular complexity index is 483. The van der Waals surface area contributed by atoms with E-state index in [4.69, 9.17) is 5.11 Å². The Morgan fingerprint density at radius 2 is 2.10 bits per heavy atom. The van der Waals surface area contributed by atoms with Crippen molar-refractivity contribution in [2.24, 2.45) is 11.8 Å². The number of thiophene rings is 1. The fourth-order valence-corrected chi connectivity index (χ4v) is 3.12. The van der Waals surface area contributed by atoms with Gasteiger partial charge in [-0.3, -0.25) is 4.79 Å². The van der Waals surface area contributed by atoms with E-state index < -0.39 is 5.97 Å². The number of carboxylic acid groups (broad SMARTS) is 1. The molecule has 0 aliphatic carbocycles. The predicted molar refractivity (Wildman–Crippen MR) is 77.8 cm³/mol. The molecule has 0 radical (unpaired) electrons. The predicted octanol–water partition coefficient (Wildman–Crippen LogP) is 2.51. The van der Waals surface area contributed by atoms with Crippen LogP contribution in [0.15, 0.2) is 17.5 Å². The number of carboxylic acids is 1. The average molecular weight is 296 g/mol. The van der Waals surface area contributed by atoms with E-state index in [0.717, 1.165) is 4.88 Å². The van der Waals surface area contributed by atoms with Gasteiger partial charge in [-0.2, -0.15) is 0 Å². The maximum atomic E-state index is 12.3. The van der Waals surface area contributed by atoms with Gasteiger partial charge in [-0.05, 0) is 18.4 Å². The van der Waals surface area contributed by atoms with Crippen molar-refractivity contribution in [2.75, 3.05) is 20.1 Å². The van der Waals surface area contributed by atoms with Crippen LogP contribution in [0.4, 0.5) is 4.79 Å². The number of hydrogen-bond acceptors (Lipinski definition) is 3. The smallest absolute Gasteiger partial charge is 0.320 e. The van der Waals surface area contributed by atoms with Gasteiger partial charge in [0.05, 0.1) is 12.0 Å². The summed E-state index contributed by atoms with van der Waals surface area (Å²) in [5.74, 6) is -1.11. The third-order valence-corrected chi connectivity index (χ3v) is 5.16. The highest BCUT2D eigenvalue weighted by atomic mass is 32.1. The van der Waals surface area contributed by atoms with Gasteiger partial charge in [0, 0.05) is 30.9 Å². The third kappa shape index (κ3) is 2.80. The SMILES string of the molecule is CC(C(=O)O)C1CN(C(=O)N(C)C(C)c2cccs2)C1. The summed E-state index contributed by atoms with van der Waals surface area (Å²) in [6.07, 6.45) is 0. The van der Waals surface area contributed by atoms with Gasteiger partial charge < -0.3 is 14.9 Å². The molecule has 1 N–H and O–H groups in total. The van der Waals surface area contributed by atoms with Gasteiger partial charge in [0.1, 0.15) is 0 Å². The Balaban J connectivity index is 1.89. The lowest BCUT2D eigenvalue weighted by Gasteiger charge is -2.43. The molecule has 6 heteroatoms. The second-order valence-electron chi connectivity index (χ2n) is 5.38. The fraction of sp³-hybridized carbons (Fsp3) is 0.571. The molecular formula is C14H20N2O3S. The number of rotatable bonds is 4. The summed E-state index contributed by atoms with van der Waals surface area (Å²) in [7, 11) is 1.79. The van der Waals surface area contributed by atoms with Crippen LogP contribution < -0.4 is 0 Å². The Labute approximate surface area is 122 Å². The van der Waals surface area contributed by atoms with Crippen molar-refractivity contribution in [3.63, 3.8) is 0 Å². The van der Waals surface area contributed by atoms with Crippen LogP contribution in [0.5, 0.6) is 0 Å². The Kier molecular flexibility index (Phi) is 4.32. The van der Waals surface area contributed by atoms with Crippen LogP contribution in [-0.4, -0.2) is 47.0 Å². The zero-order valence-electron chi connectivity index (χ0n) is 11.9. The van der Waals surface area contributed by atoms with Crippen LogP contribution in [0.1, 0.15) is 24.8 Å².